The van der Waals surface area contributed by atoms with Crippen LogP contribution in [0.4, 0.5) is 0 Å². The number of rotatable bonds is 8. The Labute approximate surface area is 152 Å². The Morgan fingerprint density at radius 1 is 1.00 bits per heavy atom. The third-order valence-corrected chi connectivity index (χ3v) is 5.51. The SMILES string of the molecule is CCOCC1(CCc2ccccc2)CCN(Cc2cc[c]cc2)CC1. The van der Waals surface area contributed by atoms with Crippen LogP contribution in [0.5, 0.6) is 0 Å². The van der Waals surface area contributed by atoms with Gasteiger partial charge in [0.2, 0.25) is 0 Å². The van der Waals surface area contributed by atoms with Crippen LogP contribution >= 0.6 is 0 Å². The predicted molar refractivity (Wildman–Crippen MR) is 103 cm³/mol. The van der Waals surface area contributed by atoms with E-state index in [0.717, 1.165) is 26.2 Å². The Morgan fingerprint density at radius 3 is 2.40 bits per heavy atom. The van der Waals surface area contributed by atoms with E-state index in [2.05, 4.69) is 60.4 Å². The summed E-state index contributed by atoms with van der Waals surface area (Å²) < 4.78 is 5.90. The Bertz CT molecular complexity index is 603. The molecule has 1 saturated heterocycles. The van der Waals surface area contributed by atoms with E-state index in [0.29, 0.717) is 5.41 Å². The predicted octanol–water partition coefficient (Wildman–Crippen LogP) is 4.74. The molecule has 2 aromatic rings. The molecule has 1 fully saturated rings. The fourth-order valence-electron chi connectivity index (χ4n) is 3.81. The van der Waals surface area contributed by atoms with Crippen molar-refractivity contribution < 1.29 is 4.74 Å². The van der Waals surface area contributed by atoms with Gasteiger partial charge in [0.15, 0.2) is 0 Å². The van der Waals surface area contributed by atoms with Gasteiger partial charge in [0.1, 0.15) is 0 Å². The average Bonchev–Trinajstić information content (AvgIpc) is 2.68. The van der Waals surface area contributed by atoms with E-state index in [1.165, 1.54) is 43.5 Å². The number of piperidine rings is 1. The van der Waals surface area contributed by atoms with Gasteiger partial charge in [-0.2, -0.15) is 0 Å². The second-order valence-electron chi connectivity index (χ2n) is 7.31. The number of likely N-dealkylation sites (tertiary alicyclic amines) is 1. The van der Waals surface area contributed by atoms with Crippen molar-refractivity contribution in [3.63, 3.8) is 0 Å². The van der Waals surface area contributed by atoms with Gasteiger partial charge in [-0.05, 0) is 68.3 Å². The Balaban J connectivity index is 1.56. The van der Waals surface area contributed by atoms with E-state index < -0.39 is 0 Å². The van der Waals surface area contributed by atoms with Crippen LogP contribution in [0.2, 0.25) is 0 Å². The number of benzene rings is 2. The fourth-order valence-corrected chi connectivity index (χ4v) is 3.81. The number of ether oxygens (including phenoxy) is 1. The summed E-state index contributed by atoms with van der Waals surface area (Å²) in [5.41, 5.74) is 3.17. The Kier molecular flexibility index (Phi) is 6.66. The summed E-state index contributed by atoms with van der Waals surface area (Å²) in [4.78, 5) is 2.59. The fraction of sp³-hybridized carbons (Fsp3) is 0.478. The summed E-state index contributed by atoms with van der Waals surface area (Å²) in [5.74, 6) is 0. The van der Waals surface area contributed by atoms with Crippen molar-refractivity contribution in [3.05, 3.63) is 71.8 Å². The van der Waals surface area contributed by atoms with Crippen LogP contribution in [-0.4, -0.2) is 31.2 Å². The van der Waals surface area contributed by atoms with E-state index in [9.17, 15) is 0 Å². The van der Waals surface area contributed by atoms with Crippen LogP contribution in [0.25, 0.3) is 0 Å². The van der Waals surface area contributed by atoms with E-state index in [1.807, 2.05) is 12.1 Å². The minimum atomic E-state index is 0.340. The largest absolute Gasteiger partial charge is 0.381 e. The highest BCUT2D eigenvalue weighted by atomic mass is 16.5. The van der Waals surface area contributed by atoms with Gasteiger partial charge < -0.3 is 4.74 Å². The molecule has 1 heterocycles. The first kappa shape index (κ1) is 18.2. The molecule has 0 atom stereocenters. The van der Waals surface area contributed by atoms with E-state index in [-0.39, 0.29) is 0 Å². The number of hydrogen-bond acceptors (Lipinski definition) is 2. The van der Waals surface area contributed by atoms with E-state index >= 15 is 0 Å². The highest BCUT2D eigenvalue weighted by Gasteiger charge is 2.34. The molecule has 0 bridgehead atoms. The summed E-state index contributed by atoms with van der Waals surface area (Å²) in [5, 5.41) is 0. The third kappa shape index (κ3) is 5.42. The molecule has 0 aromatic heterocycles. The summed E-state index contributed by atoms with van der Waals surface area (Å²) in [6.07, 6.45) is 4.85. The van der Waals surface area contributed by atoms with Crippen molar-refractivity contribution in [3.8, 4) is 0 Å². The van der Waals surface area contributed by atoms with Gasteiger partial charge in [-0.1, -0.05) is 54.6 Å². The molecule has 3 rings (SSSR count). The highest BCUT2D eigenvalue weighted by Crippen LogP contribution is 2.37. The lowest BCUT2D eigenvalue weighted by Crippen LogP contribution is -2.42. The minimum absolute atomic E-state index is 0.340. The summed E-state index contributed by atoms with van der Waals surface area (Å²) >= 11 is 0. The number of nitrogens with zero attached hydrogens (tertiary/aromatic N) is 1. The lowest BCUT2D eigenvalue weighted by Gasteiger charge is -2.42. The highest BCUT2D eigenvalue weighted by molar-refractivity contribution is 5.15. The average molecular weight is 336 g/mol. The normalized spacial score (nSPS) is 17.5. The molecule has 2 heteroatoms. The minimum Gasteiger partial charge on any atom is -0.381 e. The van der Waals surface area contributed by atoms with Gasteiger partial charge in [0, 0.05) is 13.2 Å². The Morgan fingerprint density at radius 2 is 1.72 bits per heavy atom. The molecule has 0 saturated carbocycles. The third-order valence-electron chi connectivity index (χ3n) is 5.51. The molecule has 0 aliphatic carbocycles. The zero-order chi connectivity index (χ0) is 17.4. The van der Waals surface area contributed by atoms with Crippen LogP contribution in [-0.2, 0) is 17.7 Å². The molecule has 0 amide bonds. The zero-order valence-corrected chi connectivity index (χ0v) is 15.4. The van der Waals surface area contributed by atoms with E-state index in [4.69, 9.17) is 4.74 Å². The standard InChI is InChI=1S/C23H30NO/c1-2-25-20-23(14-13-21-9-5-3-6-10-21)15-17-24(18-16-23)19-22-11-7-4-8-12-22/h3,5-12H,2,13-20H2,1H3. The van der Waals surface area contributed by atoms with Gasteiger partial charge in [0.05, 0.1) is 6.61 Å². The van der Waals surface area contributed by atoms with Crippen LogP contribution in [0, 0.1) is 11.5 Å². The molecule has 2 nitrogen and oxygen atoms in total. The van der Waals surface area contributed by atoms with Gasteiger partial charge in [0.25, 0.3) is 0 Å². The first-order valence-corrected chi connectivity index (χ1v) is 9.59. The second-order valence-corrected chi connectivity index (χ2v) is 7.31. The van der Waals surface area contributed by atoms with Gasteiger partial charge in [-0.15, -0.1) is 0 Å². The summed E-state index contributed by atoms with van der Waals surface area (Å²) in [6.45, 7) is 7.22. The van der Waals surface area contributed by atoms with Crippen molar-refractivity contribution in [2.45, 2.75) is 39.2 Å². The van der Waals surface area contributed by atoms with Crippen molar-refractivity contribution in [1.29, 1.82) is 0 Å². The topological polar surface area (TPSA) is 12.5 Å². The molecule has 25 heavy (non-hydrogen) atoms. The molecule has 2 aromatic carbocycles. The Hall–Kier alpha value is -1.64. The molecule has 0 spiro atoms. The van der Waals surface area contributed by atoms with Crippen molar-refractivity contribution in [2.75, 3.05) is 26.3 Å². The summed E-state index contributed by atoms with van der Waals surface area (Å²) in [7, 11) is 0. The smallest absolute Gasteiger partial charge is 0.0523 e. The van der Waals surface area contributed by atoms with Gasteiger partial charge >= 0.3 is 0 Å². The summed E-state index contributed by atoms with van der Waals surface area (Å²) in [6, 6.07) is 22.4. The van der Waals surface area contributed by atoms with Gasteiger partial charge in [-0.3, -0.25) is 4.90 Å². The maximum atomic E-state index is 5.90. The zero-order valence-electron chi connectivity index (χ0n) is 15.4. The van der Waals surface area contributed by atoms with Crippen LogP contribution in [0.15, 0.2) is 54.6 Å². The van der Waals surface area contributed by atoms with Crippen LogP contribution < -0.4 is 0 Å². The first-order valence-electron chi connectivity index (χ1n) is 9.59. The van der Waals surface area contributed by atoms with Crippen molar-refractivity contribution in [1.82, 2.24) is 4.90 Å². The van der Waals surface area contributed by atoms with Crippen LogP contribution in [0.3, 0.4) is 0 Å². The van der Waals surface area contributed by atoms with E-state index in [1.54, 1.807) is 0 Å². The maximum absolute atomic E-state index is 5.90. The molecule has 0 unspecified atom stereocenters. The van der Waals surface area contributed by atoms with Gasteiger partial charge in [-0.25, -0.2) is 0 Å². The second kappa shape index (κ2) is 9.17. The monoisotopic (exact) mass is 336 g/mol. The first-order chi connectivity index (χ1) is 12.3. The quantitative estimate of drug-likeness (QED) is 0.690. The lowest BCUT2D eigenvalue weighted by molar-refractivity contribution is -0.00232. The molecule has 1 aliphatic heterocycles. The molecule has 1 radical (unpaired) electrons. The molecule has 133 valence electrons. The number of hydrogen-bond donors (Lipinski definition) is 0. The van der Waals surface area contributed by atoms with Crippen molar-refractivity contribution in [2.24, 2.45) is 5.41 Å². The number of aryl methyl sites for hydroxylation is 1. The van der Waals surface area contributed by atoms with Crippen molar-refractivity contribution >= 4 is 0 Å². The molecule has 0 N–H and O–H groups in total. The molecular formula is C23H30NO. The van der Waals surface area contributed by atoms with Crippen LogP contribution in [0.1, 0.15) is 37.3 Å². The molecular weight excluding hydrogens is 306 g/mol. The lowest BCUT2D eigenvalue weighted by atomic mass is 9.74. The maximum Gasteiger partial charge on any atom is 0.0523 e. The molecule has 1 aliphatic rings.